The molecule has 5 aromatic rings. The van der Waals surface area contributed by atoms with Crippen LogP contribution in [0.15, 0.2) is 65.5 Å². The molecule has 0 aliphatic rings. The molecule has 0 saturated carbocycles. The van der Waals surface area contributed by atoms with E-state index in [2.05, 4.69) is 37.1 Å². The number of hydrogen-bond donors (Lipinski definition) is 2. The minimum absolute atomic E-state index is 0.0140. The van der Waals surface area contributed by atoms with Crippen LogP contribution in [0.3, 0.4) is 0 Å². The van der Waals surface area contributed by atoms with Gasteiger partial charge < -0.3 is 19.8 Å². The molecule has 0 bridgehead atoms. The van der Waals surface area contributed by atoms with E-state index in [1.54, 1.807) is 30.9 Å². The van der Waals surface area contributed by atoms with E-state index in [4.69, 9.17) is 9.47 Å². The highest BCUT2D eigenvalue weighted by Crippen LogP contribution is 2.36. The molecule has 2 aromatic heterocycles. The Labute approximate surface area is 240 Å². The Balaban J connectivity index is 1.83. The predicted octanol–water partition coefficient (Wildman–Crippen LogP) is 6.88. The van der Waals surface area contributed by atoms with E-state index >= 15 is 0 Å². The van der Waals surface area contributed by atoms with Crippen molar-refractivity contribution in [3.05, 3.63) is 82.1 Å². The predicted molar refractivity (Wildman–Crippen MR) is 166 cm³/mol. The van der Waals surface area contributed by atoms with Gasteiger partial charge in [-0.1, -0.05) is 56.7 Å². The first-order valence-corrected chi connectivity index (χ1v) is 13.9. The number of benzene rings is 3. The van der Waals surface area contributed by atoms with Crippen molar-refractivity contribution in [3.8, 4) is 11.5 Å². The minimum Gasteiger partial charge on any atom is -0.493 e. The molecule has 0 aliphatic heterocycles. The maximum absolute atomic E-state index is 14.5. The minimum atomic E-state index is -0.970. The van der Waals surface area contributed by atoms with Crippen LogP contribution in [0, 0.1) is 12.3 Å². The van der Waals surface area contributed by atoms with Crippen LogP contribution >= 0.6 is 0 Å². The second kappa shape index (κ2) is 10.3. The van der Waals surface area contributed by atoms with Crippen molar-refractivity contribution in [3.63, 3.8) is 0 Å². The highest BCUT2D eigenvalue weighted by Gasteiger charge is 2.34. The summed E-state index contributed by atoms with van der Waals surface area (Å²) < 4.78 is 12.7. The lowest BCUT2D eigenvalue weighted by Crippen LogP contribution is -2.49. The number of methoxy groups -OCH3 is 2. The summed E-state index contributed by atoms with van der Waals surface area (Å²) in [7, 11) is 3.13. The van der Waals surface area contributed by atoms with Crippen LogP contribution < -0.4 is 20.3 Å². The summed E-state index contributed by atoms with van der Waals surface area (Å²) in [6, 6.07) is 18.3. The number of ether oxygens (including phenoxy) is 2. The van der Waals surface area contributed by atoms with Crippen molar-refractivity contribution in [1.29, 1.82) is 0 Å². The first-order chi connectivity index (χ1) is 19.3. The number of H-pyrrole nitrogens is 1. The maximum atomic E-state index is 14.5. The van der Waals surface area contributed by atoms with Crippen LogP contribution in [0.25, 0.3) is 32.7 Å². The van der Waals surface area contributed by atoms with Gasteiger partial charge in [0.25, 0.3) is 5.56 Å². The molecule has 0 aliphatic carbocycles. The summed E-state index contributed by atoms with van der Waals surface area (Å²) in [6.45, 7) is 12.5. The molecular weight excluding hydrogens is 514 g/mol. The van der Waals surface area contributed by atoms with Gasteiger partial charge in [-0.25, -0.2) is 0 Å². The number of para-hydroxylation sites is 1. The quantitative estimate of drug-likeness (QED) is 0.230. The molecule has 3 aromatic carbocycles. The largest absolute Gasteiger partial charge is 0.493 e. The Hall–Kier alpha value is -4.26. The molecule has 0 spiro atoms. The first kappa shape index (κ1) is 28.3. The standard InChI is InChI=1S/C34H39N3O4/c1-20-13-15-25-23(17-20)28-22-11-9-10-12-24(22)35-29(28)32(39)37(25)30(21-14-16-26(40-7)27(18-21)41-8)31(38)36-34(5,6)19-33(2,3)4/h9-18,30,35H,19H2,1-8H3,(H,36,38). The number of nitrogens with one attached hydrogen (secondary N) is 2. The Morgan fingerprint density at radius 1 is 0.927 bits per heavy atom. The molecule has 1 atom stereocenters. The van der Waals surface area contributed by atoms with Gasteiger partial charge >= 0.3 is 0 Å². The number of aromatic amines is 1. The second-order valence-corrected chi connectivity index (χ2v) is 12.7. The highest BCUT2D eigenvalue weighted by molar-refractivity contribution is 6.19. The smallest absolute Gasteiger partial charge is 0.276 e. The molecule has 0 radical (unpaired) electrons. The highest BCUT2D eigenvalue weighted by atomic mass is 16.5. The first-order valence-electron chi connectivity index (χ1n) is 13.9. The maximum Gasteiger partial charge on any atom is 0.276 e. The fraction of sp³-hybridized carbons (Fsp3) is 0.353. The molecule has 5 rings (SSSR count). The number of carbonyl (C=O) groups excluding carboxylic acids is 1. The second-order valence-electron chi connectivity index (χ2n) is 12.7. The van der Waals surface area contributed by atoms with Crippen LogP contribution in [0.4, 0.5) is 0 Å². The molecule has 7 heteroatoms. The number of fused-ring (bicyclic) bond motifs is 5. The molecule has 2 heterocycles. The van der Waals surface area contributed by atoms with Crippen molar-refractivity contribution in [2.45, 2.75) is 59.5 Å². The monoisotopic (exact) mass is 553 g/mol. The lowest BCUT2D eigenvalue weighted by Gasteiger charge is -2.35. The van der Waals surface area contributed by atoms with Gasteiger partial charge in [-0.3, -0.25) is 14.2 Å². The van der Waals surface area contributed by atoms with Gasteiger partial charge in [0.05, 0.1) is 19.7 Å². The van der Waals surface area contributed by atoms with Gasteiger partial charge in [0, 0.05) is 27.2 Å². The van der Waals surface area contributed by atoms with Crippen molar-refractivity contribution >= 4 is 38.6 Å². The molecule has 1 amide bonds. The lowest BCUT2D eigenvalue weighted by atomic mass is 9.81. The number of nitrogens with zero attached hydrogens (tertiary/aromatic N) is 1. The van der Waals surface area contributed by atoms with Crippen molar-refractivity contribution in [1.82, 2.24) is 14.9 Å². The Morgan fingerprint density at radius 2 is 1.63 bits per heavy atom. The third-order valence-electron chi connectivity index (χ3n) is 7.48. The van der Waals surface area contributed by atoms with Crippen LogP contribution in [0.1, 0.15) is 58.2 Å². The average Bonchev–Trinajstić information content (AvgIpc) is 3.29. The molecule has 1 unspecified atom stereocenters. The van der Waals surface area contributed by atoms with E-state index in [9.17, 15) is 9.59 Å². The Bertz CT molecular complexity index is 1840. The SMILES string of the molecule is COc1ccc(C(C(=O)NC(C)(C)CC(C)(C)C)n2c(=O)c3[nH]c4ccccc4c3c3cc(C)ccc32)cc1OC. The normalized spacial score (nSPS) is 13.1. The van der Waals surface area contributed by atoms with Crippen LogP contribution in [-0.2, 0) is 4.79 Å². The summed E-state index contributed by atoms with van der Waals surface area (Å²) in [5, 5.41) is 6.01. The molecule has 41 heavy (non-hydrogen) atoms. The zero-order valence-electron chi connectivity index (χ0n) is 25.1. The number of aromatic nitrogens is 2. The molecule has 214 valence electrons. The fourth-order valence-corrected chi connectivity index (χ4v) is 6.34. The lowest BCUT2D eigenvalue weighted by molar-refractivity contribution is -0.125. The van der Waals surface area contributed by atoms with Crippen LogP contribution in [0.2, 0.25) is 0 Å². The third-order valence-corrected chi connectivity index (χ3v) is 7.48. The third kappa shape index (κ3) is 5.29. The van der Waals surface area contributed by atoms with Crippen LogP contribution in [-0.4, -0.2) is 35.2 Å². The number of carbonyl (C=O) groups is 1. The van der Waals surface area contributed by atoms with Gasteiger partial charge in [-0.2, -0.15) is 0 Å². The van der Waals surface area contributed by atoms with Gasteiger partial charge in [0.2, 0.25) is 5.91 Å². The number of pyridine rings is 1. The fourth-order valence-electron chi connectivity index (χ4n) is 6.34. The van der Waals surface area contributed by atoms with Crippen molar-refractivity contribution in [2.75, 3.05) is 14.2 Å². The molecule has 0 fully saturated rings. The number of amides is 1. The molecule has 7 nitrogen and oxygen atoms in total. The van der Waals surface area contributed by atoms with Crippen LogP contribution in [0.5, 0.6) is 11.5 Å². The van der Waals surface area contributed by atoms with E-state index in [0.29, 0.717) is 28.1 Å². The summed E-state index contributed by atoms with van der Waals surface area (Å²) in [5.74, 6) is 0.755. The van der Waals surface area contributed by atoms with Crippen molar-refractivity contribution < 1.29 is 14.3 Å². The Morgan fingerprint density at radius 3 is 2.32 bits per heavy atom. The molecule has 0 saturated heterocycles. The van der Waals surface area contributed by atoms with Gasteiger partial charge in [0.15, 0.2) is 11.5 Å². The van der Waals surface area contributed by atoms with E-state index < -0.39 is 11.6 Å². The molecule has 2 N–H and O–H groups in total. The topological polar surface area (TPSA) is 85.4 Å². The van der Waals surface area contributed by atoms with E-state index in [-0.39, 0.29) is 16.9 Å². The van der Waals surface area contributed by atoms with Crippen molar-refractivity contribution in [2.24, 2.45) is 5.41 Å². The zero-order valence-corrected chi connectivity index (χ0v) is 25.1. The number of aryl methyl sites for hydroxylation is 1. The molecular formula is C34H39N3O4. The Kier molecular flexibility index (Phi) is 7.10. The van der Waals surface area contributed by atoms with E-state index in [0.717, 1.165) is 33.7 Å². The number of hydrogen-bond acceptors (Lipinski definition) is 4. The summed E-state index contributed by atoms with van der Waals surface area (Å²) in [6.07, 6.45) is 0.750. The average molecular weight is 554 g/mol. The summed E-state index contributed by atoms with van der Waals surface area (Å²) >= 11 is 0. The summed E-state index contributed by atoms with van der Waals surface area (Å²) in [4.78, 5) is 32.3. The van der Waals surface area contributed by atoms with E-state index in [1.807, 2.05) is 63.2 Å². The number of rotatable bonds is 7. The van der Waals surface area contributed by atoms with Gasteiger partial charge in [-0.05, 0) is 68.5 Å². The van der Waals surface area contributed by atoms with Gasteiger partial charge in [-0.15, -0.1) is 0 Å². The zero-order chi connectivity index (χ0) is 29.7. The van der Waals surface area contributed by atoms with Gasteiger partial charge in [0.1, 0.15) is 11.6 Å². The van der Waals surface area contributed by atoms with E-state index in [1.165, 1.54) is 0 Å². The summed E-state index contributed by atoms with van der Waals surface area (Å²) in [5.41, 5.74) is 2.90.